The third-order valence-electron chi connectivity index (χ3n) is 6.13. The zero-order valence-corrected chi connectivity index (χ0v) is 18.1. The summed E-state index contributed by atoms with van der Waals surface area (Å²) in [4.78, 5) is 11.5. The maximum Gasteiger partial charge on any atom is 0.191 e. The van der Waals surface area contributed by atoms with Crippen LogP contribution in [0, 0.1) is 12.8 Å². The summed E-state index contributed by atoms with van der Waals surface area (Å²) in [5.74, 6) is 2.44. The molecule has 2 atom stereocenters. The number of nitrogens with one attached hydrogen (secondary N) is 2. The minimum atomic E-state index is 0.168. The van der Waals surface area contributed by atoms with Gasteiger partial charge >= 0.3 is 0 Å². The Bertz CT molecular complexity index is 832. The second kappa shape index (κ2) is 9.94. The van der Waals surface area contributed by atoms with Crippen LogP contribution in [0.3, 0.4) is 0 Å². The SMILES string of the molecule is CN=C(NCC1CCOC1c1ccccc1)NC1CCN(c2cccc(C)n2)CC1. The van der Waals surface area contributed by atoms with Gasteiger partial charge in [-0.25, -0.2) is 4.98 Å². The molecule has 2 fully saturated rings. The summed E-state index contributed by atoms with van der Waals surface area (Å²) < 4.78 is 6.02. The minimum Gasteiger partial charge on any atom is -0.373 e. The van der Waals surface area contributed by atoms with Crippen LogP contribution < -0.4 is 15.5 Å². The summed E-state index contributed by atoms with van der Waals surface area (Å²) in [5.41, 5.74) is 2.34. The number of piperidine rings is 1. The lowest BCUT2D eigenvalue weighted by Gasteiger charge is -2.34. The minimum absolute atomic E-state index is 0.168. The number of hydrogen-bond acceptors (Lipinski definition) is 4. The van der Waals surface area contributed by atoms with E-state index >= 15 is 0 Å². The van der Waals surface area contributed by atoms with E-state index in [-0.39, 0.29) is 6.10 Å². The number of pyridine rings is 1. The molecular weight excluding hydrogens is 374 g/mol. The van der Waals surface area contributed by atoms with Crippen molar-refractivity contribution in [3.63, 3.8) is 0 Å². The molecule has 4 rings (SSSR count). The molecule has 2 saturated heterocycles. The third-order valence-corrected chi connectivity index (χ3v) is 6.13. The van der Waals surface area contributed by atoms with E-state index in [0.29, 0.717) is 12.0 Å². The predicted octanol–water partition coefficient (Wildman–Crippen LogP) is 3.30. The van der Waals surface area contributed by atoms with Gasteiger partial charge in [0.1, 0.15) is 5.82 Å². The number of ether oxygens (including phenoxy) is 1. The number of aryl methyl sites for hydroxylation is 1. The number of aromatic nitrogens is 1. The number of benzene rings is 1. The van der Waals surface area contributed by atoms with E-state index in [2.05, 4.69) is 68.0 Å². The summed E-state index contributed by atoms with van der Waals surface area (Å²) in [7, 11) is 1.85. The molecule has 0 aliphatic carbocycles. The summed E-state index contributed by atoms with van der Waals surface area (Å²) in [6, 6.07) is 17.2. The fraction of sp³-hybridized carbons (Fsp3) is 0.500. The highest BCUT2D eigenvalue weighted by Crippen LogP contribution is 2.33. The predicted molar refractivity (Wildman–Crippen MR) is 122 cm³/mol. The van der Waals surface area contributed by atoms with Crippen molar-refractivity contribution in [3.8, 4) is 0 Å². The maximum atomic E-state index is 6.02. The number of anilines is 1. The molecule has 1 aromatic carbocycles. The first kappa shape index (κ1) is 20.7. The fourth-order valence-corrected chi connectivity index (χ4v) is 4.43. The highest BCUT2D eigenvalue weighted by Gasteiger charge is 2.30. The van der Waals surface area contributed by atoms with E-state index in [1.807, 2.05) is 20.0 Å². The molecule has 1 aromatic heterocycles. The Kier molecular flexibility index (Phi) is 6.84. The Morgan fingerprint density at radius 3 is 2.63 bits per heavy atom. The average Bonchev–Trinajstić information content (AvgIpc) is 3.26. The number of aliphatic imine (C=N–C) groups is 1. The van der Waals surface area contributed by atoms with Gasteiger partial charge in [-0.2, -0.15) is 0 Å². The van der Waals surface area contributed by atoms with Gasteiger partial charge < -0.3 is 20.3 Å². The van der Waals surface area contributed by atoms with Crippen molar-refractivity contribution in [2.24, 2.45) is 10.9 Å². The van der Waals surface area contributed by atoms with Crippen LogP contribution in [0.2, 0.25) is 0 Å². The number of hydrogen-bond donors (Lipinski definition) is 2. The van der Waals surface area contributed by atoms with Crippen LogP contribution in [0.15, 0.2) is 53.5 Å². The molecule has 0 saturated carbocycles. The van der Waals surface area contributed by atoms with Crippen LogP contribution in [-0.4, -0.2) is 50.3 Å². The highest BCUT2D eigenvalue weighted by atomic mass is 16.5. The van der Waals surface area contributed by atoms with Gasteiger partial charge in [0.15, 0.2) is 5.96 Å². The summed E-state index contributed by atoms with van der Waals surface area (Å²) in [6.45, 7) is 5.76. The summed E-state index contributed by atoms with van der Waals surface area (Å²) in [5, 5.41) is 7.16. The van der Waals surface area contributed by atoms with Crippen molar-refractivity contribution < 1.29 is 4.74 Å². The summed E-state index contributed by atoms with van der Waals surface area (Å²) in [6.07, 6.45) is 3.40. The van der Waals surface area contributed by atoms with E-state index < -0.39 is 0 Å². The molecular formula is C24H33N5O. The van der Waals surface area contributed by atoms with Gasteiger partial charge in [0.2, 0.25) is 0 Å². The molecule has 6 heteroatoms. The Hall–Kier alpha value is -2.60. The van der Waals surface area contributed by atoms with Crippen LogP contribution in [0.5, 0.6) is 0 Å². The van der Waals surface area contributed by atoms with Crippen LogP contribution in [0.4, 0.5) is 5.82 Å². The molecule has 2 aromatic rings. The zero-order chi connectivity index (χ0) is 20.8. The van der Waals surface area contributed by atoms with Gasteiger partial charge in [-0.15, -0.1) is 0 Å². The van der Waals surface area contributed by atoms with E-state index in [1.54, 1.807) is 0 Å². The van der Waals surface area contributed by atoms with Gasteiger partial charge in [-0.05, 0) is 43.9 Å². The van der Waals surface area contributed by atoms with Crippen LogP contribution in [-0.2, 0) is 4.74 Å². The van der Waals surface area contributed by atoms with Gasteiger partial charge in [0.25, 0.3) is 0 Å². The van der Waals surface area contributed by atoms with Crippen LogP contribution in [0.1, 0.15) is 36.6 Å². The molecule has 6 nitrogen and oxygen atoms in total. The van der Waals surface area contributed by atoms with Crippen LogP contribution >= 0.6 is 0 Å². The first-order chi connectivity index (χ1) is 14.7. The van der Waals surface area contributed by atoms with Crippen molar-refractivity contribution in [2.45, 2.75) is 38.3 Å². The molecule has 2 unspecified atom stereocenters. The molecule has 160 valence electrons. The van der Waals surface area contributed by atoms with Gasteiger partial charge in [0.05, 0.1) is 6.10 Å². The highest BCUT2D eigenvalue weighted by molar-refractivity contribution is 5.80. The van der Waals surface area contributed by atoms with Crippen molar-refractivity contribution in [1.29, 1.82) is 0 Å². The topological polar surface area (TPSA) is 61.8 Å². The van der Waals surface area contributed by atoms with Crippen molar-refractivity contribution in [3.05, 3.63) is 59.8 Å². The Labute approximate surface area is 179 Å². The monoisotopic (exact) mass is 407 g/mol. The van der Waals surface area contributed by atoms with Gasteiger partial charge in [0, 0.05) is 50.9 Å². The van der Waals surface area contributed by atoms with E-state index in [4.69, 9.17) is 4.74 Å². The molecule has 2 aliphatic rings. The van der Waals surface area contributed by atoms with Gasteiger partial charge in [-0.1, -0.05) is 36.4 Å². The molecule has 2 aliphatic heterocycles. The van der Waals surface area contributed by atoms with Crippen LogP contribution in [0.25, 0.3) is 0 Å². The first-order valence-corrected chi connectivity index (χ1v) is 11.1. The smallest absolute Gasteiger partial charge is 0.191 e. The molecule has 2 N–H and O–H groups in total. The molecule has 0 spiro atoms. The quantitative estimate of drug-likeness (QED) is 0.588. The number of nitrogens with zero attached hydrogens (tertiary/aromatic N) is 3. The second-order valence-electron chi connectivity index (χ2n) is 8.25. The molecule has 0 radical (unpaired) electrons. The largest absolute Gasteiger partial charge is 0.373 e. The summed E-state index contributed by atoms with van der Waals surface area (Å²) >= 11 is 0. The van der Waals surface area contributed by atoms with Crippen molar-refractivity contribution in [1.82, 2.24) is 15.6 Å². The fourth-order valence-electron chi connectivity index (χ4n) is 4.43. The lowest BCUT2D eigenvalue weighted by molar-refractivity contribution is 0.0915. The van der Waals surface area contributed by atoms with E-state index in [9.17, 15) is 0 Å². The maximum absolute atomic E-state index is 6.02. The standard InChI is InChI=1S/C24H33N5O/c1-18-7-6-10-22(27-18)29-14-11-21(12-15-29)28-24(25-2)26-17-20-13-16-30-23(20)19-8-4-3-5-9-19/h3-10,20-21,23H,11-17H2,1-2H3,(H2,25,26,28). The third kappa shape index (κ3) is 5.11. The Morgan fingerprint density at radius 2 is 1.90 bits per heavy atom. The average molecular weight is 408 g/mol. The first-order valence-electron chi connectivity index (χ1n) is 11.1. The van der Waals surface area contributed by atoms with E-state index in [0.717, 1.165) is 63.0 Å². The molecule has 3 heterocycles. The van der Waals surface area contributed by atoms with E-state index in [1.165, 1.54) is 5.56 Å². The Balaban J connectivity index is 1.25. The lowest BCUT2D eigenvalue weighted by atomic mass is 9.95. The molecule has 0 amide bonds. The number of guanidine groups is 1. The Morgan fingerprint density at radius 1 is 1.10 bits per heavy atom. The molecule has 0 bridgehead atoms. The number of rotatable bonds is 5. The lowest BCUT2D eigenvalue weighted by Crippen LogP contribution is -2.49. The van der Waals surface area contributed by atoms with Gasteiger partial charge in [-0.3, -0.25) is 4.99 Å². The second-order valence-corrected chi connectivity index (χ2v) is 8.25. The zero-order valence-electron chi connectivity index (χ0n) is 18.1. The normalized spacial score (nSPS) is 22.9. The molecule has 30 heavy (non-hydrogen) atoms. The van der Waals surface area contributed by atoms with Crippen molar-refractivity contribution in [2.75, 3.05) is 38.2 Å². The van der Waals surface area contributed by atoms with Crippen molar-refractivity contribution >= 4 is 11.8 Å².